The molecule has 0 aliphatic rings. The highest BCUT2D eigenvalue weighted by Gasteiger charge is 2.08. The second-order valence-corrected chi connectivity index (χ2v) is 4.32. The van der Waals surface area contributed by atoms with E-state index in [9.17, 15) is 9.18 Å². The minimum Gasteiger partial charge on any atom is -0.299 e. The fraction of sp³-hybridized carbons (Fsp3) is 0. The van der Waals surface area contributed by atoms with Crippen molar-refractivity contribution in [1.82, 2.24) is 10.7 Å². The van der Waals surface area contributed by atoms with E-state index in [0.29, 0.717) is 0 Å². The van der Waals surface area contributed by atoms with Crippen LogP contribution in [0.15, 0.2) is 54.6 Å². The lowest BCUT2D eigenvalue weighted by Gasteiger charge is -2.11. The first kappa shape index (κ1) is 14.0. The van der Waals surface area contributed by atoms with Crippen molar-refractivity contribution in [1.29, 1.82) is 0 Å². The van der Waals surface area contributed by atoms with Gasteiger partial charge in [-0.3, -0.25) is 21.0 Å². The predicted molar refractivity (Wildman–Crippen MR) is 79.7 cm³/mol. The third-order valence-corrected chi connectivity index (χ3v) is 2.61. The monoisotopic (exact) mass is 289 g/mol. The molecule has 4 nitrogen and oxygen atoms in total. The van der Waals surface area contributed by atoms with Gasteiger partial charge < -0.3 is 0 Å². The molecule has 0 radical (unpaired) electrons. The lowest BCUT2D eigenvalue weighted by Crippen LogP contribution is -2.41. The Balaban J connectivity index is 1.87. The zero-order valence-corrected chi connectivity index (χ0v) is 11.2. The van der Waals surface area contributed by atoms with Crippen molar-refractivity contribution < 1.29 is 9.18 Å². The van der Waals surface area contributed by atoms with Crippen molar-refractivity contribution in [2.75, 3.05) is 5.43 Å². The minimum absolute atomic E-state index is 0.100. The van der Waals surface area contributed by atoms with Gasteiger partial charge in [0.15, 0.2) is 5.11 Å². The Labute approximate surface area is 121 Å². The first-order valence-corrected chi connectivity index (χ1v) is 6.24. The molecule has 0 aliphatic heterocycles. The maximum absolute atomic E-state index is 13.0. The molecule has 2 aromatic carbocycles. The van der Waals surface area contributed by atoms with Gasteiger partial charge in [-0.2, -0.15) is 0 Å². The molecule has 3 N–H and O–H groups in total. The van der Waals surface area contributed by atoms with E-state index in [4.69, 9.17) is 12.2 Å². The van der Waals surface area contributed by atoms with Gasteiger partial charge in [0.2, 0.25) is 0 Å². The second kappa shape index (κ2) is 6.63. The van der Waals surface area contributed by atoms with Gasteiger partial charge >= 0.3 is 0 Å². The molecule has 0 bridgehead atoms. The van der Waals surface area contributed by atoms with Crippen LogP contribution in [0.1, 0.15) is 10.4 Å². The summed E-state index contributed by atoms with van der Waals surface area (Å²) in [6, 6.07) is 14.7. The molecule has 6 heteroatoms. The molecular formula is C14H12FN3OS. The number of hydrogen-bond acceptors (Lipinski definition) is 3. The number of anilines is 1. The molecule has 0 aromatic heterocycles. The third-order valence-electron chi connectivity index (χ3n) is 2.41. The van der Waals surface area contributed by atoms with Crippen LogP contribution >= 0.6 is 12.2 Å². The number of benzene rings is 2. The van der Waals surface area contributed by atoms with Gasteiger partial charge in [-0.15, -0.1) is 0 Å². The van der Waals surface area contributed by atoms with Gasteiger partial charge in [0.1, 0.15) is 5.82 Å². The Morgan fingerprint density at radius 1 is 1.05 bits per heavy atom. The zero-order valence-electron chi connectivity index (χ0n) is 10.4. The number of amides is 1. The van der Waals surface area contributed by atoms with Crippen LogP contribution in [0.2, 0.25) is 0 Å². The lowest BCUT2D eigenvalue weighted by molar-refractivity contribution is 0.0976. The lowest BCUT2D eigenvalue weighted by atomic mass is 10.2. The van der Waals surface area contributed by atoms with Crippen LogP contribution in [0.4, 0.5) is 10.1 Å². The molecule has 2 rings (SSSR count). The van der Waals surface area contributed by atoms with E-state index in [-0.39, 0.29) is 10.7 Å². The minimum atomic E-state index is -0.475. The third kappa shape index (κ3) is 4.03. The average Bonchev–Trinajstić information content (AvgIpc) is 2.46. The summed E-state index contributed by atoms with van der Waals surface area (Å²) in [6.07, 6.45) is 0. The summed E-state index contributed by atoms with van der Waals surface area (Å²) in [5.41, 5.74) is 6.51. The van der Waals surface area contributed by atoms with Crippen LogP contribution in [0.3, 0.4) is 0 Å². The Kier molecular flexibility index (Phi) is 4.62. The summed E-state index contributed by atoms with van der Waals surface area (Å²) in [5, 5.41) is 2.55. The second-order valence-electron chi connectivity index (χ2n) is 3.91. The first-order chi connectivity index (χ1) is 9.65. The van der Waals surface area contributed by atoms with Crippen LogP contribution in [-0.4, -0.2) is 11.0 Å². The number of rotatable bonds is 3. The zero-order chi connectivity index (χ0) is 14.4. The molecule has 0 spiro atoms. The van der Waals surface area contributed by atoms with Gasteiger partial charge in [0.05, 0.1) is 5.69 Å². The summed E-state index contributed by atoms with van der Waals surface area (Å²) < 4.78 is 13.0. The van der Waals surface area contributed by atoms with E-state index in [1.807, 2.05) is 30.3 Å². The Morgan fingerprint density at radius 2 is 1.80 bits per heavy atom. The molecule has 102 valence electrons. The predicted octanol–water partition coefficient (Wildman–Crippen LogP) is 2.46. The van der Waals surface area contributed by atoms with Crippen LogP contribution in [-0.2, 0) is 0 Å². The molecule has 0 saturated carbocycles. The van der Waals surface area contributed by atoms with E-state index in [1.54, 1.807) is 0 Å². The summed E-state index contributed by atoms with van der Waals surface area (Å²) >= 11 is 4.96. The highest BCUT2D eigenvalue weighted by atomic mass is 32.1. The first-order valence-electron chi connectivity index (χ1n) is 5.83. The summed E-state index contributed by atoms with van der Waals surface area (Å²) in [5.74, 6) is -0.948. The molecule has 0 unspecified atom stereocenters. The Morgan fingerprint density at radius 3 is 2.50 bits per heavy atom. The topological polar surface area (TPSA) is 53.2 Å². The Bertz CT molecular complexity index is 619. The summed E-state index contributed by atoms with van der Waals surface area (Å²) in [7, 11) is 0. The standard InChI is InChI=1S/C14H12FN3OS/c15-11-6-4-5-10(9-11)13(19)16-14(20)18-17-12-7-2-1-3-8-12/h1-9,17H,(H2,16,18,19,20). The van der Waals surface area contributed by atoms with Crippen LogP contribution in [0.25, 0.3) is 0 Å². The van der Waals surface area contributed by atoms with Crippen molar-refractivity contribution >= 4 is 28.9 Å². The number of hydrogen-bond donors (Lipinski definition) is 3. The number of hydrazine groups is 1. The number of carbonyl (C=O) groups excluding carboxylic acids is 1. The number of para-hydroxylation sites is 1. The number of carbonyl (C=O) groups is 1. The number of halogens is 1. The number of nitrogens with one attached hydrogen (secondary N) is 3. The van der Waals surface area contributed by atoms with E-state index in [2.05, 4.69) is 16.2 Å². The fourth-order valence-electron chi connectivity index (χ4n) is 1.49. The van der Waals surface area contributed by atoms with Gasteiger partial charge in [0.25, 0.3) is 5.91 Å². The van der Waals surface area contributed by atoms with Crippen molar-refractivity contribution in [2.45, 2.75) is 0 Å². The van der Waals surface area contributed by atoms with Crippen molar-refractivity contribution in [2.24, 2.45) is 0 Å². The molecule has 0 heterocycles. The van der Waals surface area contributed by atoms with Gasteiger partial charge in [0, 0.05) is 5.56 Å². The molecule has 0 fully saturated rings. The van der Waals surface area contributed by atoms with Gasteiger partial charge in [-0.05, 0) is 42.5 Å². The van der Waals surface area contributed by atoms with Crippen molar-refractivity contribution in [3.63, 3.8) is 0 Å². The van der Waals surface area contributed by atoms with Crippen molar-refractivity contribution in [3.8, 4) is 0 Å². The van der Waals surface area contributed by atoms with Crippen LogP contribution < -0.4 is 16.2 Å². The van der Waals surface area contributed by atoms with Gasteiger partial charge in [-0.25, -0.2) is 4.39 Å². The maximum atomic E-state index is 13.0. The highest BCUT2D eigenvalue weighted by Crippen LogP contribution is 2.04. The van der Waals surface area contributed by atoms with E-state index >= 15 is 0 Å². The SMILES string of the molecule is O=C(NC(=S)NNc1ccccc1)c1cccc(F)c1. The highest BCUT2D eigenvalue weighted by molar-refractivity contribution is 7.80. The molecular weight excluding hydrogens is 277 g/mol. The summed E-state index contributed by atoms with van der Waals surface area (Å²) in [6.45, 7) is 0. The smallest absolute Gasteiger partial charge is 0.257 e. The van der Waals surface area contributed by atoms with E-state index in [1.165, 1.54) is 18.2 Å². The molecule has 20 heavy (non-hydrogen) atoms. The molecule has 0 aliphatic carbocycles. The molecule has 0 saturated heterocycles. The molecule has 2 aromatic rings. The fourth-order valence-corrected chi connectivity index (χ4v) is 1.63. The Hall–Kier alpha value is -2.47. The van der Waals surface area contributed by atoms with Crippen LogP contribution in [0, 0.1) is 5.82 Å². The normalized spacial score (nSPS) is 9.65. The quantitative estimate of drug-likeness (QED) is 0.600. The maximum Gasteiger partial charge on any atom is 0.257 e. The van der Waals surface area contributed by atoms with E-state index in [0.717, 1.165) is 11.8 Å². The van der Waals surface area contributed by atoms with E-state index < -0.39 is 11.7 Å². The largest absolute Gasteiger partial charge is 0.299 e. The number of thiocarbonyl (C=S) groups is 1. The molecule has 1 amide bonds. The van der Waals surface area contributed by atoms with Crippen molar-refractivity contribution in [3.05, 3.63) is 66.0 Å². The molecule has 0 atom stereocenters. The van der Waals surface area contributed by atoms with Gasteiger partial charge in [-0.1, -0.05) is 24.3 Å². The summed E-state index contributed by atoms with van der Waals surface area (Å²) in [4.78, 5) is 11.8. The average molecular weight is 289 g/mol. The van der Waals surface area contributed by atoms with Crippen LogP contribution in [0.5, 0.6) is 0 Å².